The number of benzene rings is 1. The van der Waals surface area contributed by atoms with Gasteiger partial charge in [0.1, 0.15) is 12.2 Å². The standard InChI is InChI=1S/C14H20O5S/c1-20-13(10(16)7-15)12-11(17)8-18-14(19-12)9-5-3-2-4-6-9/h2-6,10-17H,7-8H2,1H3/t10-,11-,12-,13+,14-/m1/s1. The summed E-state index contributed by atoms with van der Waals surface area (Å²) in [5, 5.41) is 28.6. The molecule has 3 N–H and O–H groups in total. The molecular weight excluding hydrogens is 280 g/mol. The molecule has 5 atom stereocenters. The molecule has 1 aromatic rings. The van der Waals surface area contributed by atoms with E-state index in [1.807, 2.05) is 36.6 Å². The van der Waals surface area contributed by atoms with E-state index in [9.17, 15) is 10.2 Å². The largest absolute Gasteiger partial charge is 0.394 e. The highest BCUT2D eigenvalue weighted by molar-refractivity contribution is 7.99. The number of hydrogen-bond acceptors (Lipinski definition) is 6. The van der Waals surface area contributed by atoms with E-state index >= 15 is 0 Å². The van der Waals surface area contributed by atoms with Gasteiger partial charge in [-0.15, -0.1) is 0 Å². The summed E-state index contributed by atoms with van der Waals surface area (Å²) in [7, 11) is 0. The van der Waals surface area contributed by atoms with Gasteiger partial charge in [0.2, 0.25) is 0 Å². The summed E-state index contributed by atoms with van der Waals surface area (Å²) in [5.41, 5.74) is 0.864. The molecule has 0 spiro atoms. The first-order valence-corrected chi connectivity index (χ1v) is 7.78. The molecule has 2 rings (SSSR count). The molecule has 6 heteroatoms. The molecule has 0 saturated carbocycles. The summed E-state index contributed by atoms with van der Waals surface area (Å²) in [6, 6.07) is 9.44. The molecule has 1 aliphatic heterocycles. The lowest BCUT2D eigenvalue weighted by Gasteiger charge is -2.39. The Balaban J connectivity index is 2.12. The van der Waals surface area contributed by atoms with Gasteiger partial charge in [-0.05, 0) is 6.26 Å². The molecule has 1 heterocycles. The minimum Gasteiger partial charge on any atom is -0.394 e. The first-order valence-electron chi connectivity index (χ1n) is 6.49. The third-order valence-corrected chi connectivity index (χ3v) is 4.44. The Morgan fingerprint density at radius 2 is 2.05 bits per heavy atom. The van der Waals surface area contributed by atoms with E-state index in [0.29, 0.717) is 0 Å². The lowest BCUT2D eigenvalue weighted by Crippen LogP contribution is -2.50. The second-order valence-corrected chi connectivity index (χ2v) is 5.71. The molecule has 1 fully saturated rings. The summed E-state index contributed by atoms with van der Waals surface area (Å²) < 4.78 is 11.3. The number of rotatable bonds is 5. The highest BCUT2D eigenvalue weighted by Crippen LogP contribution is 2.32. The van der Waals surface area contributed by atoms with Gasteiger partial charge in [-0.3, -0.25) is 0 Å². The zero-order valence-electron chi connectivity index (χ0n) is 11.3. The Labute approximate surface area is 122 Å². The first kappa shape index (κ1) is 15.8. The van der Waals surface area contributed by atoms with Gasteiger partial charge in [-0.2, -0.15) is 11.8 Å². The third kappa shape index (κ3) is 3.52. The van der Waals surface area contributed by atoms with Crippen LogP contribution in [0.2, 0.25) is 0 Å². The lowest BCUT2D eigenvalue weighted by atomic mass is 10.0. The Morgan fingerprint density at radius 3 is 2.65 bits per heavy atom. The maximum atomic E-state index is 10.0. The van der Waals surface area contributed by atoms with Crippen LogP contribution < -0.4 is 0 Å². The molecule has 0 radical (unpaired) electrons. The van der Waals surface area contributed by atoms with Crippen LogP contribution in [0.4, 0.5) is 0 Å². The first-order chi connectivity index (χ1) is 9.67. The molecule has 0 amide bonds. The zero-order valence-corrected chi connectivity index (χ0v) is 12.1. The minimum absolute atomic E-state index is 0.138. The van der Waals surface area contributed by atoms with Crippen molar-refractivity contribution < 1.29 is 24.8 Å². The monoisotopic (exact) mass is 300 g/mol. The molecule has 20 heavy (non-hydrogen) atoms. The molecule has 5 nitrogen and oxygen atoms in total. The van der Waals surface area contributed by atoms with Crippen molar-refractivity contribution in [1.29, 1.82) is 0 Å². The van der Waals surface area contributed by atoms with Crippen molar-refractivity contribution >= 4 is 11.8 Å². The summed E-state index contributed by atoms with van der Waals surface area (Å²) in [6.07, 6.45) is -1.11. The number of ether oxygens (including phenoxy) is 2. The second-order valence-electron chi connectivity index (χ2n) is 4.69. The van der Waals surface area contributed by atoms with Crippen LogP contribution in [0, 0.1) is 0 Å². The van der Waals surface area contributed by atoms with Crippen LogP contribution >= 0.6 is 11.8 Å². The van der Waals surface area contributed by atoms with Crippen molar-refractivity contribution in [3.8, 4) is 0 Å². The van der Waals surface area contributed by atoms with Crippen LogP contribution in [0.15, 0.2) is 30.3 Å². The van der Waals surface area contributed by atoms with Gasteiger partial charge in [0.05, 0.1) is 24.6 Å². The second kappa shape index (κ2) is 7.40. The third-order valence-electron chi connectivity index (χ3n) is 3.31. The summed E-state index contributed by atoms with van der Waals surface area (Å²) in [5.74, 6) is 0. The summed E-state index contributed by atoms with van der Waals surface area (Å²) in [4.78, 5) is 0. The highest BCUT2D eigenvalue weighted by atomic mass is 32.2. The van der Waals surface area contributed by atoms with Crippen molar-refractivity contribution in [2.45, 2.75) is 29.9 Å². The molecule has 0 aromatic heterocycles. The van der Waals surface area contributed by atoms with Gasteiger partial charge in [-0.25, -0.2) is 0 Å². The number of aliphatic hydroxyl groups excluding tert-OH is 3. The van der Waals surface area contributed by atoms with Crippen LogP contribution in [0.25, 0.3) is 0 Å². The topological polar surface area (TPSA) is 79.2 Å². The molecule has 1 saturated heterocycles. The average molecular weight is 300 g/mol. The van der Waals surface area contributed by atoms with Crippen molar-refractivity contribution in [1.82, 2.24) is 0 Å². The fraction of sp³-hybridized carbons (Fsp3) is 0.571. The molecular formula is C14H20O5S. The van der Waals surface area contributed by atoms with Gasteiger partial charge >= 0.3 is 0 Å². The van der Waals surface area contributed by atoms with E-state index in [-0.39, 0.29) is 13.2 Å². The van der Waals surface area contributed by atoms with Gasteiger partial charge in [0.15, 0.2) is 6.29 Å². The van der Waals surface area contributed by atoms with Crippen molar-refractivity contribution in [3.63, 3.8) is 0 Å². The summed E-state index contributed by atoms with van der Waals surface area (Å²) in [6.45, 7) is -0.228. The van der Waals surface area contributed by atoms with E-state index in [2.05, 4.69) is 0 Å². The van der Waals surface area contributed by atoms with Gasteiger partial charge < -0.3 is 24.8 Å². The SMILES string of the molecule is CS[C@H]([C@@H]1O[C@H](c2ccccc2)OC[C@H]1O)[C@H](O)CO. The normalized spacial score (nSPS) is 29.9. The van der Waals surface area contributed by atoms with Crippen LogP contribution in [-0.4, -0.2) is 58.4 Å². The molecule has 0 unspecified atom stereocenters. The lowest BCUT2D eigenvalue weighted by molar-refractivity contribution is -0.260. The van der Waals surface area contributed by atoms with E-state index in [1.165, 1.54) is 11.8 Å². The van der Waals surface area contributed by atoms with E-state index in [1.54, 1.807) is 0 Å². The number of thioether (sulfide) groups is 1. The Hall–Kier alpha value is -0.630. The van der Waals surface area contributed by atoms with Crippen molar-refractivity contribution in [2.75, 3.05) is 19.5 Å². The smallest absolute Gasteiger partial charge is 0.184 e. The fourth-order valence-electron chi connectivity index (χ4n) is 2.25. The zero-order chi connectivity index (χ0) is 14.5. The molecule has 0 aliphatic carbocycles. The van der Waals surface area contributed by atoms with Crippen molar-refractivity contribution in [2.24, 2.45) is 0 Å². The van der Waals surface area contributed by atoms with Gasteiger partial charge in [-0.1, -0.05) is 30.3 Å². The van der Waals surface area contributed by atoms with Crippen LogP contribution in [0.3, 0.4) is 0 Å². The highest BCUT2D eigenvalue weighted by Gasteiger charge is 2.39. The van der Waals surface area contributed by atoms with Gasteiger partial charge in [0.25, 0.3) is 0 Å². The van der Waals surface area contributed by atoms with Crippen molar-refractivity contribution in [3.05, 3.63) is 35.9 Å². The quantitative estimate of drug-likeness (QED) is 0.737. The van der Waals surface area contributed by atoms with E-state index < -0.39 is 29.9 Å². The van der Waals surface area contributed by atoms with Gasteiger partial charge in [0, 0.05) is 5.56 Å². The fourth-order valence-corrected chi connectivity index (χ4v) is 3.16. The summed E-state index contributed by atoms with van der Waals surface area (Å²) >= 11 is 1.36. The predicted octanol–water partition coefficient (Wildman–Crippen LogP) is 0.546. The molecule has 1 aromatic carbocycles. The predicted molar refractivity (Wildman–Crippen MR) is 76.4 cm³/mol. The Kier molecular flexibility index (Phi) is 5.83. The van der Waals surface area contributed by atoms with E-state index in [4.69, 9.17) is 14.6 Å². The molecule has 0 bridgehead atoms. The average Bonchev–Trinajstić information content (AvgIpc) is 2.50. The number of aliphatic hydroxyl groups is 3. The molecule has 1 aliphatic rings. The minimum atomic E-state index is -0.945. The Bertz CT molecular complexity index is 402. The van der Waals surface area contributed by atoms with E-state index in [0.717, 1.165) is 5.56 Å². The maximum absolute atomic E-state index is 10.0. The Morgan fingerprint density at radius 1 is 1.35 bits per heavy atom. The molecule has 112 valence electrons. The van der Waals surface area contributed by atoms with Crippen LogP contribution in [0.5, 0.6) is 0 Å². The van der Waals surface area contributed by atoms with Crippen LogP contribution in [0.1, 0.15) is 11.9 Å². The maximum Gasteiger partial charge on any atom is 0.184 e. The number of hydrogen-bond donors (Lipinski definition) is 3. The van der Waals surface area contributed by atoms with Crippen LogP contribution in [-0.2, 0) is 9.47 Å².